The highest BCUT2D eigenvalue weighted by Crippen LogP contribution is 2.68. The van der Waals surface area contributed by atoms with E-state index in [0.29, 0.717) is 58.1 Å². The predicted molar refractivity (Wildman–Crippen MR) is 245 cm³/mol. The number of hydrogen-bond acceptors (Lipinski definition) is 11. The molecule has 3 unspecified atom stereocenters. The van der Waals surface area contributed by atoms with Crippen LogP contribution in [0, 0.1) is 29.1 Å². The third kappa shape index (κ3) is 12.6. The molecule has 0 bridgehead atoms. The lowest BCUT2D eigenvalue weighted by atomic mass is 10.0. The number of nitriles is 1. The molecule has 1 fully saturated rings. The van der Waals surface area contributed by atoms with E-state index in [9.17, 15) is 19.6 Å². The minimum atomic E-state index is -0.603. The molecule has 3 aliphatic heterocycles. The highest BCUT2D eigenvalue weighted by Gasteiger charge is 2.46. The molecule has 0 aromatic heterocycles. The lowest BCUT2D eigenvalue weighted by Crippen LogP contribution is -2.42. The summed E-state index contributed by atoms with van der Waals surface area (Å²) in [6.45, 7) is 19.5. The zero-order chi connectivity index (χ0) is 42.9. The van der Waals surface area contributed by atoms with Crippen LogP contribution in [0.5, 0.6) is 11.5 Å². The number of benzene rings is 1. The second kappa shape index (κ2) is 25.5. The normalized spacial score (nSPS) is 16.4. The fourth-order valence-electron chi connectivity index (χ4n) is 7.21. The molecule has 0 N–H and O–H groups in total. The van der Waals surface area contributed by atoms with Crippen LogP contribution in [0.2, 0.25) is 0 Å². The van der Waals surface area contributed by atoms with Gasteiger partial charge in [-0.05, 0) is 49.9 Å². The minimum Gasteiger partial charge on any atom is -0.491 e. The molecule has 328 valence electrons. The molecule has 0 radical (unpaired) electrons. The summed E-state index contributed by atoms with van der Waals surface area (Å²) in [5.74, 6) is 1.16. The third-order valence-electron chi connectivity index (χ3n) is 11.4. The Bertz CT molecular complexity index is 1620. The summed E-state index contributed by atoms with van der Waals surface area (Å²) in [6, 6.07) is 2.20. The predicted octanol–water partition coefficient (Wildman–Crippen LogP) is 13.2. The van der Waals surface area contributed by atoms with Gasteiger partial charge in [0.2, 0.25) is 0 Å². The van der Waals surface area contributed by atoms with Crippen molar-refractivity contribution in [1.82, 2.24) is 10.0 Å². The van der Waals surface area contributed by atoms with Gasteiger partial charge in [0, 0.05) is 13.1 Å². The highest BCUT2D eigenvalue weighted by atomic mass is 32.2. The van der Waals surface area contributed by atoms with Gasteiger partial charge in [0.15, 0.2) is 5.57 Å². The van der Waals surface area contributed by atoms with Gasteiger partial charge in [0.25, 0.3) is 11.8 Å². The zero-order valence-electron chi connectivity index (χ0n) is 37.0. The quantitative estimate of drug-likeness (QED) is 0.0364. The van der Waals surface area contributed by atoms with Crippen molar-refractivity contribution in [3.05, 3.63) is 19.6 Å². The number of amides is 2. The van der Waals surface area contributed by atoms with Crippen LogP contribution in [-0.2, 0) is 19.1 Å². The maximum atomic E-state index is 14.2. The molecule has 3 atom stereocenters. The fraction of sp³-hybridized carbons (Fsp3) is 0.696. The minimum absolute atomic E-state index is 0.00744. The molecule has 1 aromatic rings. The number of ether oxygens (including phenoxy) is 3. The van der Waals surface area contributed by atoms with Crippen molar-refractivity contribution in [3.63, 3.8) is 0 Å². The van der Waals surface area contributed by atoms with E-state index in [0.717, 1.165) is 122 Å². The topological polar surface area (TPSA) is 109 Å². The van der Waals surface area contributed by atoms with E-state index < -0.39 is 5.97 Å². The van der Waals surface area contributed by atoms with Crippen LogP contribution in [0.25, 0.3) is 0 Å². The molecule has 3 aliphatic rings. The highest BCUT2D eigenvalue weighted by molar-refractivity contribution is 8.26. The fourth-order valence-corrected chi connectivity index (χ4v) is 12.7. The summed E-state index contributed by atoms with van der Waals surface area (Å²) < 4.78 is 20.8. The number of hydrazine groups is 1. The number of carbonyl (C=O) groups excluding carboxylic acids is 3. The van der Waals surface area contributed by atoms with Crippen molar-refractivity contribution in [2.45, 2.75) is 178 Å². The number of fused-ring (bicyclic) bond motifs is 2. The SMILES string of the molecule is CCCCC(CC)COC(=O)C(C#N)=C1Sc2c(OCC(CC)CCCC)c3c(c(OCC(CC)CCCC)c2S1)SC(=C1C(=O)N(CCCC)N(CCCC)C1=O)S3. The average Bonchev–Trinajstić information content (AvgIpc) is 3.93. The van der Waals surface area contributed by atoms with Crippen LogP contribution in [0.3, 0.4) is 0 Å². The van der Waals surface area contributed by atoms with Gasteiger partial charge in [-0.25, -0.2) is 14.8 Å². The van der Waals surface area contributed by atoms with E-state index in [1.54, 1.807) is 10.0 Å². The second-order valence-corrected chi connectivity index (χ2v) is 20.5. The summed E-state index contributed by atoms with van der Waals surface area (Å²) in [7, 11) is 0. The van der Waals surface area contributed by atoms with Gasteiger partial charge in [-0.2, -0.15) is 5.26 Å². The Labute approximate surface area is 372 Å². The molecule has 59 heavy (non-hydrogen) atoms. The van der Waals surface area contributed by atoms with Crippen molar-refractivity contribution in [2.24, 2.45) is 17.8 Å². The Morgan fingerprint density at radius 2 is 0.983 bits per heavy atom. The lowest BCUT2D eigenvalue weighted by molar-refractivity contribution is -0.147. The summed E-state index contributed by atoms with van der Waals surface area (Å²) in [5.41, 5.74) is 0.205. The number of rotatable bonds is 27. The molecular weight excluding hydrogens is 819 g/mol. The Morgan fingerprint density at radius 1 is 0.593 bits per heavy atom. The smallest absolute Gasteiger partial charge is 0.350 e. The molecule has 0 saturated carbocycles. The molecule has 1 saturated heterocycles. The van der Waals surface area contributed by atoms with E-state index in [2.05, 4.69) is 61.5 Å². The van der Waals surface area contributed by atoms with Crippen molar-refractivity contribution in [2.75, 3.05) is 32.9 Å². The standard InChI is InChI=1S/C46H69N3O6S4/c1-9-17-22-31(14-6)28-53-36-38-39(57-45(56-38)34(27-47)44(52)55-30-33(16-8)24-19-11-3)37(54-29-32(15-7)23-18-10-2)41-40(36)58-46(59-41)35-42(50)48(25-20-12-4)49(43(35)51)26-21-13-5/h31-33H,9-26,28-30H2,1-8H3. The third-order valence-corrected chi connectivity index (χ3v) is 16.6. The molecule has 0 spiro atoms. The summed E-state index contributed by atoms with van der Waals surface area (Å²) in [4.78, 5) is 45.3. The van der Waals surface area contributed by atoms with Crippen molar-refractivity contribution in [1.29, 1.82) is 5.26 Å². The number of unbranched alkanes of at least 4 members (excludes halogenated alkanes) is 5. The van der Waals surface area contributed by atoms with Crippen LogP contribution >= 0.6 is 47.0 Å². The van der Waals surface area contributed by atoms with Crippen LogP contribution in [-0.4, -0.2) is 60.7 Å². The van der Waals surface area contributed by atoms with Gasteiger partial charge < -0.3 is 14.2 Å². The number of carbonyl (C=O) groups is 3. The number of esters is 1. The van der Waals surface area contributed by atoms with Crippen LogP contribution in [0.15, 0.2) is 39.2 Å². The van der Waals surface area contributed by atoms with Crippen molar-refractivity contribution in [3.8, 4) is 17.6 Å². The lowest BCUT2D eigenvalue weighted by Gasteiger charge is -2.27. The first-order chi connectivity index (χ1) is 28.7. The first-order valence-corrected chi connectivity index (χ1v) is 25.8. The van der Waals surface area contributed by atoms with E-state index >= 15 is 0 Å². The van der Waals surface area contributed by atoms with E-state index in [1.807, 2.05) is 0 Å². The van der Waals surface area contributed by atoms with Gasteiger partial charge >= 0.3 is 5.97 Å². The number of hydrogen-bond donors (Lipinski definition) is 0. The van der Waals surface area contributed by atoms with Gasteiger partial charge in [0.1, 0.15) is 23.1 Å². The molecule has 9 nitrogen and oxygen atoms in total. The Kier molecular flexibility index (Phi) is 21.3. The molecule has 2 amide bonds. The zero-order valence-corrected chi connectivity index (χ0v) is 40.3. The van der Waals surface area contributed by atoms with E-state index in [4.69, 9.17) is 14.2 Å². The molecule has 1 aromatic carbocycles. The summed E-state index contributed by atoms with van der Waals surface area (Å²) in [5, 5.41) is 13.8. The van der Waals surface area contributed by atoms with Crippen molar-refractivity contribution < 1.29 is 28.6 Å². The van der Waals surface area contributed by atoms with E-state index in [-0.39, 0.29) is 35.5 Å². The number of thioether (sulfide) groups is 4. The first-order valence-electron chi connectivity index (χ1n) is 22.6. The molecule has 0 aliphatic carbocycles. The first kappa shape index (κ1) is 49.3. The summed E-state index contributed by atoms with van der Waals surface area (Å²) in [6.07, 6.45) is 15.9. The van der Waals surface area contributed by atoms with Gasteiger partial charge in [-0.1, -0.05) is 173 Å². The van der Waals surface area contributed by atoms with Gasteiger partial charge in [-0.3, -0.25) is 9.59 Å². The summed E-state index contributed by atoms with van der Waals surface area (Å²) >= 11 is 5.57. The van der Waals surface area contributed by atoms with Crippen LogP contribution < -0.4 is 9.47 Å². The Morgan fingerprint density at radius 3 is 1.36 bits per heavy atom. The Hall–Kier alpha value is -2.40. The maximum absolute atomic E-state index is 14.2. The van der Waals surface area contributed by atoms with Gasteiger partial charge in [0.05, 0.1) is 47.9 Å². The Balaban J connectivity index is 1.86. The monoisotopic (exact) mass is 887 g/mol. The van der Waals surface area contributed by atoms with Crippen molar-refractivity contribution >= 4 is 64.8 Å². The number of nitrogens with zero attached hydrogens (tertiary/aromatic N) is 3. The molecule has 13 heteroatoms. The van der Waals surface area contributed by atoms with Gasteiger partial charge in [-0.15, -0.1) is 0 Å². The van der Waals surface area contributed by atoms with Crippen LogP contribution in [0.4, 0.5) is 0 Å². The largest absolute Gasteiger partial charge is 0.491 e. The van der Waals surface area contributed by atoms with Crippen LogP contribution in [0.1, 0.15) is 158 Å². The second-order valence-electron chi connectivity index (χ2n) is 15.9. The average molecular weight is 888 g/mol. The molecule has 3 heterocycles. The molecule has 4 rings (SSSR count). The molecular formula is C46H69N3O6S4. The maximum Gasteiger partial charge on any atom is 0.350 e. The van der Waals surface area contributed by atoms with E-state index in [1.165, 1.54) is 47.0 Å².